The number of likely N-dealkylation sites (tertiary alicyclic amines) is 1. The number of aliphatic hydroxyl groups is 1. The summed E-state index contributed by atoms with van der Waals surface area (Å²) in [6.45, 7) is 4.71. The van der Waals surface area contributed by atoms with Gasteiger partial charge in [-0.15, -0.1) is 0 Å². The monoisotopic (exact) mass is 358 g/mol. The summed E-state index contributed by atoms with van der Waals surface area (Å²) in [6, 6.07) is 0.341. The number of nitrogens with zero attached hydrogens (tertiary/aromatic N) is 4. The van der Waals surface area contributed by atoms with Gasteiger partial charge in [0.15, 0.2) is 0 Å². The van der Waals surface area contributed by atoms with Gasteiger partial charge in [0.05, 0.1) is 11.5 Å². The third-order valence-corrected chi connectivity index (χ3v) is 6.76. The highest BCUT2D eigenvalue weighted by atomic mass is 16.3. The molecule has 1 aliphatic carbocycles. The van der Waals surface area contributed by atoms with Crippen molar-refractivity contribution in [3.8, 4) is 0 Å². The predicted octanol–water partition coefficient (Wildman–Crippen LogP) is 2.16. The minimum Gasteiger partial charge on any atom is -0.393 e. The van der Waals surface area contributed by atoms with Gasteiger partial charge in [-0.2, -0.15) is 0 Å². The molecule has 6 nitrogen and oxygen atoms in total. The number of hydrogen-bond acceptors (Lipinski definition) is 5. The summed E-state index contributed by atoms with van der Waals surface area (Å²) in [5.41, 5.74) is 0.983. The number of carbonyl (C=O) groups is 1. The molecule has 142 valence electrons. The first-order valence-corrected chi connectivity index (χ1v) is 10.2. The number of aromatic nitrogens is 2. The van der Waals surface area contributed by atoms with Crippen molar-refractivity contribution in [2.45, 2.75) is 70.4 Å². The maximum Gasteiger partial charge on any atom is 0.229 e. The molecule has 1 saturated carbocycles. The molecule has 0 bridgehead atoms. The van der Waals surface area contributed by atoms with Gasteiger partial charge in [0, 0.05) is 38.1 Å². The molecule has 1 amide bonds. The average molecular weight is 358 g/mol. The highest BCUT2D eigenvalue weighted by Gasteiger charge is 2.50. The predicted molar refractivity (Wildman–Crippen MR) is 99.9 cm³/mol. The lowest BCUT2D eigenvalue weighted by Crippen LogP contribution is -2.47. The van der Waals surface area contributed by atoms with Crippen molar-refractivity contribution in [2.75, 3.05) is 24.5 Å². The zero-order valence-electron chi connectivity index (χ0n) is 15.7. The van der Waals surface area contributed by atoms with Gasteiger partial charge in [0.2, 0.25) is 11.9 Å². The lowest BCUT2D eigenvalue weighted by molar-refractivity contribution is -0.139. The highest BCUT2D eigenvalue weighted by Crippen LogP contribution is 2.44. The largest absolute Gasteiger partial charge is 0.393 e. The van der Waals surface area contributed by atoms with E-state index in [0.29, 0.717) is 11.9 Å². The lowest BCUT2D eigenvalue weighted by atomic mass is 9.77. The smallest absolute Gasteiger partial charge is 0.229 e. The molecule has 3 heterocycles. The van der Waals surface area contributed by atoms with Gasteiger partial charge in [-0.1, -0.05) is 6.92 Å². The fraction of sp³-hybridized carbons (Fsp3) is 0.750. The third kappa shape index (κ3) is 3.20. The van der Waals surface area contributed by atoms with Crippen LogP contribution in [-0.4, -0.2) is 57.7 Å². The molecule has 2 aliphatic heterocycles. The van der Waals surface area contributed by atoms with Crippen LogP contribution in [0, 0.1) is 5.41 Å². The zero-order chi connectivity index (χ0) is 18.1. The van der Waals surface area contributed by atoms with Crippen LogP contribution in [-0.2, 0) is 11.2 Å². The number of piperidine rings is 1. The van der Waals surface area contributed by atoms with E-state index in [1.165, 1.54) is 0 Å². The van der Waals surface area contributed by atoms with Crippen LogP contribution in [0.4, 0.5) is 5.95 Å². The van der Waals surface area contributed by atoms with Crippen molar-refractivity contribution in [1.82, 2.24) is 14.9 Å². The Balaban J connectivity index is 1.38. The molecule has 1 aromatic rings. The normalized spacial score (nSPS) is 28.8. The fourth-order valence-corrected chi connectivity index (χ4v) is 4.86. The number of hydrogen-bond donors (Lipinski definition) is 1. The van der Waals surface area contributed by atoms with Gasteiger partial charge in [0.25, 0.3) is 0 Å². The summed E-state index contributed by atoms with van der Waals surface area (Å²) in [4.78, 5) is 26.6. The number of aliphatic hydroxyl groups excluding tert-OH is 1. The van der Waals surface area contributed by atoms with Crippen molar-refractivity contribution >= 4 is 11.9 Å². The molecule has 3 aliphatic rings. The van der Waals surface area contributed by atoms with Crippen LogP contribution >= 0.6 is 0 Å². The van der Waals surface area contributed by atoms with E-state index in [4.69, 9.17) is 0 Å². The Hall–Kier alpha value is -1.69. The summed E-state index contributed by atoms with van der Waals surface area (Å²) in [5.74, 6) is 1.15. The maximum absolute atomic E-state index is 13.2. The van der Waals surface area contributed by atoms with E-state index in [1.807, 2.05) is 12.4 Å². The first-order chi connectivity index (χ1) is 12.6. The summed E-state index contributed by atoms with van der Waals surface area (Å²) < 4.78 is 0. The van der Waals surface area contributed by atoms with E-state index in [2.05, 4.69) is 26.7 Å². The molecule has 1 N–H and O–H groups in total. The van der Waals surface area contributed by atoms with Gasteiger partial charge >= 0.3 is 0 Å². The lowest BCUT2D eigenvalue weighted by Gasteiger charge is -2.39. The Morgan fingerprint density at radius 1 is 1.08 bits per heavy atom. The van der Waals surface area contributed by atoms with Gasteiger partial charge in [-0.25, -0.2) is 9.97 Å². The van der Waals surface area contributed by atoms with Crippen LogP contribution in [0.2, 0.25) is 0 Å². The number of aryl methyl sites for hydroxylation is 1. The van der Waals surface area contributed by atoms with E-state index in [9.17, 15) is 9.90 Å². The Labute approximate surface area is 155 Å². The van der Waals surface area contributed by atoms with Crippen LogP contribution in [0.15, 0.2) is 12.4 Å². The third-order valence-electron chi connectivity index (χ3n) is 6.76. The Morgan fingerprint density at radius 3 is 2.31 bits per heavy atom. The molecule has 0 unspecified atom stereocenters. The summed E-state index contributed by atoms with van der Waals surface area (Å²) in [6.07, 6.45) is 11.0. The first kappa shape index (κ1) is 17.7. The fourth-order valence-electron chi connectivity index (χ4n) is 4.86. The van der Waals surface area contributed by atoms with Crippen molar-refractivity contribution in [2.24, 2.45) is 5.41 Å². The first-order valence-electron chi connectivity index (χ1n) is 10.2. The molecule has 6 heteroatoms. The molecule has 2 saturated heterocycles. The Kier molecular flexibility index (Phi) is 4.86. The van der Waals surface area contributed by atoms with Gasteiger partial charge in [-0.3, -0.25) is 4.79 Å². The van der Waals surface area contributed by atoms with Crippen LogP contribution in [0.25, 0.3) is 0 Å². The molecule has 1 spiro atoms. The highest BCUT2D eigenvalue weighted by molar-refractivity contribution is 5.85. The molecule has 0 radical (unpaired) electrons. The van der Waals surface area contributed by atoms with Crippen LogP contribution in [0.1, 0.15) is 57.4 Å². The summed E-state index contributed by atoms with van der Waals surface area (Å²) in [7, 11) is 0. The standard InChI is InChI=1S/C20H30N4O2/c1-2-15-13-21-19(22-14-15)23-10-7-20(8-11-23)9-12-24(18(20)26)16-3-5-17(25)6-4-16/h13-14,16-17,25H,2-12H2,1H3. The second kappa shape index (κ2) is 7.14. The molecule has 0 aromatic carbocycles. The van der Waals surface area contributed by atoms with Gasteiger partial charge < -0.3 is 14.9 Å². The molecular formula is C20H30N4O2. The molecule has 1 aromatic heterocycles. The van der Waals surface area contributed by atoms with E-state index in [-0.39, 0.29) is 11.5 Å². The molecule has 4 rings (SSSR count). The topological polar surface area (TPSA) is 69.6 Å². The quantitative estimate of drug-likeness (QED) is 0.897. The van der Waals surface area contributed by atoms with Crippen molar-refractivity contribution in [1.29, 1.82) is 0 Å². The molecule has 3 fully saturated rings. The average Bonchev–Trinajstić information content (AvgIpc) is 2.99. The van der Waals surface area contributed by atoms with Crippen molar-refractivity contribution in [3.63, 3.8) is 0 Å². The number of rotatable bonds is 3. The molecule has 0 atom stereocenters. The summed E-state index contributed by atoms with van der Waals surface area (Å²) in [5, 5.41) is 9.73. The SMILES string of the molecule is CCc1cnc(N2CCC3(CC2)CCN(C2CCC(O)CC2)C3=O)nc1. The van der Waals surface area contributed by atoms with Crippen LogP contribution < -0.4 is 4.90 Å². The van der Waals surface area contributed by atoms with E-state index in [0.717, 1.165) is 82.5 Å². The molecule has 26 heavy (non-hydrogen) atoms. The van der Waals surface area contributed by atoms with Crippen LogP contribution in [0.3, 0.4) is 0 Å². The Morgan fingerprint density at radius 2 is 1.69 bits per heavy atom. The van der Waals surface area contributed by atoms with E-state index in [1.54, 1.807) is 0 Å². The molecular weight excluding hydrogens is 328 g/mol. The van der Waals surface area contributed by atoms with Crippen molar-refractivity contribution < 1.29 is 9.90 Å². The zero-order valence-corrected chi connectivity index (χ0v) is 15.7. The minimum absolute atomic E-state index is 0.166. The van der Waals surface area contributed by atoms with Crippen LogP contribution in [0.5, 0.6) is 0 Å². The number of anilines is 1. The second-order valence-electron chi connectivity index (χ2n) is 8.22. The van der Waals surface area contributed by atoms with E-state index < -0.39 is 0 Å². The number of carbonyl (C=O) groups excluding carboxylic acids is 1. The minimum atomic E-state index is -0.171. The maximum atomic E-state index is 13.2. The number of amides is 1. The Bertz CT molecular complexity index is 632. The van der Waals surface area contributed by atoms with Gasteiger partial charge in [0.1, 0.15) is 0 Å². The summed E-state index contributed by atoms with van der Waals surface area (Å²) >= 11 is 0. The van der Waals surface area contributed by atoms with Gasteiger partial charge in [-0.05, 0) is 56.9 Å². The van der Waals surface area contributed by atoms with Crippen molar-refractivity contribution in [3.05, 3.63) is 18.0 Å². The van der Waals surface area contributed by atoms with E-state index >= 15 is 0 Å². The second-order valence-corrected chi connectivity index (χ2v) is 8.22.